The summed E-state index contributed by atoms with van der Waals surface area (Å²) in [5.41, 5.74) is 0. The number of benzene rings is 1. The van der Waals surface area contributed by atoms with Crippen LogP contribution in [-0.4, -0.2) is 31.3 Å². The second-order valence-corrected chi connectivity index (χ2v) is 6.83. The molecule has 0 amide bonds. The summed E-state index contributed by atoms with van der Waals surface area (Å²) in [6, 6.07) is 4.66. The molecular formula is C12H12Cl2N2O2S. The summed E-state index contributed by atoms with van der Waals surface area (Å²) in [6.07, 6.45) is 1.44. The Morgan fingerprint density at radius 2 is 1.95 bits per heavy atom. The fourth-order valence-electron chi connectivity index (χ4n) is 1.67. The predicted octanol–water partition coefficient (Wildman–Crippen LogP) is 3.18. The van der Waals surface area contributed by atoms with Gasteiger partial charge >= 0.3 is 0 Å². The molecule has 0 saturated carbocycles. The molecule has 102 valence electrons. The molecule has 0 unspecified atom stereocenters. The number of halogens is 2. The molecule has 1 heterocycles. The second-order valence-electron chi connectivity index (χ2n) is 4.02. The monoisotopic (exact) mass is 318 g/mol. The van der Waals surface area contributed by atoms with E-state index in [1.807, 2.05) is 0 Å². The van der Waals surface area contributed by atoms with Crippen LogP contribution >= 0.6 is 23.2 Å². The molecule has 0 radical (unpaired) electrons. The van der Waals surface area contributed by atoms with Crippen molar-refractivity contribution in [1.29, 1.82) is 0 Å². The summed E-state index contributed by atoms with van der Waals surface area (Å²) in [5, 5.41) is 1.88. The van der Waals surface area contributed by atoms with Crippen LogP contribution in [0.4, 0.5) is 0 Å². The van der Waals surface area contributed by atoms with E-state index in [0.29, 0.717) is 22.3 Å². The fourth-order valence-corrected chi connectivity index (χ4v) is 3.29. The number of hydrogen-bond acceptors (Lipinski definition) is 3. The standard InChI is InChI=1S/C12H12Cl2N2O2S/c1-3-16(2)19(17,18)8-4-5-9-10(6-8)12(14)15-7-11(9)13/h4-7H,3H2,1-2H3. The number of pyridine rings is 1. The van der Waals surface area contributed by atoms with Crippen molar-refractivity contribution in [3.05, 3.63) is 34.6 Å². The van der Waals surface area contributed by atoms with E-state index >= 15 is 0 Å². The maximum absolute atomic E-state index is 12.2. The van der Waals surface area contributed by atoms with Gasteiger partial charge in [-0.2, -0.15) is 0 Å². The Morgan fingerprint density at radius 3 is 2.58 bits per heavy atom. The van der Waals surface area contributed by atoms with Gasteiger partial charge in [-0.3, -0.25) is 0 Å². The first-order chi connectivity index (χ1) is 8.87. The van der Waals surface area contributed by atoms with Gasteiger partial charge < -0.3 is 0 Å². The number of rotatable bonds is 3. The number of fused-ring (bicyclic) bond motifs is 1. The van der Waals surface area contributed by atoms with E-state index in [-0.39, 0.29) is 10.0 Å². The molecule has 4 nitrogen and oxygen atoms in total. The first-order valence-electron chi connectivity index (χ1n) is 5.58. The van der Waals surface area contributed by atoms with Gasteiger partial charge in [0.2, 0.25) is 10.0 Å². The van der Waals surface area contributed by atoms with Gasteiger partial charge in [0, 0.05) is 30.6 Å². The molecule has 0 aliphatic heterocycles. The Kier molecular flexibility index (Phi) is 4.01. The van der Waals surface area contributed by atoms with Crippen LogP contribution in [0.5, 0.6) is 0 Å². The number of aromatic nitrogens is 1. The average molecular weight is 319 g/mol. The third-order valence-electron chi connectivity index (χ3n) is 2.92. The highest BCUT2D eigenvalue weighted by Crippen LogP contribution is 2.30. The molecule has 2 rings (SSSR count). The van der Waals surface area contributed by atoms with E-state index in [9.17, 15) is 8.42 Å². The maximum Gasteiger partial charge on any atom is 0.242 e. The van der Waals surface area contributed by atoms with Crippen molar-refractivity contribution >= 4 is 44.0 Å². The Labute approximate surface area is 122 Å². The van der Waals surface area contributed by atoms with Gasteiger partial charge in [-0.1, -0.05) is 36.2 Å². The Balaban J connectivity index is 2.69. The van der Waals surface area contributed by atoms with Crippen LogP contribution in [0.15, 0.2) is 29.3 Å². The summed E-state index contributed by atoms with van der Waals surface area (Å²) >= 11 is 12.0. The summed E-state index contributed by atoms with van der Waals surface area (Å²) in [4.78, 5) is 4.10. The zero-order valence-electron chi connectivity index (χ0n) is 10.4. The molecular weight excluding hydrogens is 307 g/mol. The quantitative estimate of drug-likeness (QED) is 0.817. The number of hydrogen-bond donors (Lipinski definition) is 0. The zero-order valence-corrected chi connectivity index (χ0v) is 12.7. The maximum atomic E-state index is 12.2. The molecule has 7 heteroatoms. The lowest BCUT2D eigenvalue weighted by Gasteiger charge is -2.15. The van der Waals surface area contributed by atoms with Crippen LogP contribution in [0.3, 0.4) is 0 Å². The zero-order chi connectivity index (χ0) is 14.2. The molecule has 19 heavy (non-hydrogen) atoms. The molecule has 0 N–H and O–H groups in total. The third kappa shape index (κ3) is 2.56. The molecule has 0 aliphatic carbocycles. The number of nitrogens with zero attached hydrogens (tertiary/aromatic N) is 2. The summed E-state index contributed by atoms with van der Waals surface area (Å²) < 4.78 is 25.7. The van der Waals surface area contributed by atoms with E-state index < -0.39 is 10.0 Å². The summed E-state index contributed by atoms with van der Waals surface area (Å²) in [5.74, 6) is 0. The van der Waals surface area contributed by atoms with Crippen LogP contribution in [0.25, 0.3) is 10.8 Å². The molecule has 0 bridgehead atoms. The van der Waals surface area contributed by atoms with Crippen LogP contribution in [0.2, 0.25) is 10.2 Å². The summed E-state index contributed by atoms with van der Waals surface area (Å²) in [7, 11) is -1.98. The van der Waals surface area contributed by atoms with Gasteiger partial charge in [0.05, 0.1) is 9.92 Å². The van der Waals surface area contributed by atoms with Gasteiger partial charge in [0.15, 0.2) is 0 Å². The van der Waals surface area contributed by atoms with Crippen molar-refractivity contribution in [1.82, 2.24) is 9.29 Å². The third-order valence-corrected chi connectivity index (χ3v) is 5.45. The highest BCUT2D eigenvalue weighted by Gasteiger charge is 2.20. The van der Waals surface area contributed by atoms with Gasteiger partial charge in [-0.05, 0) is 12.1 Å². The molecule has 0 saturated heterocycles. The van der Waals surface area contributed by atoms with Crippen LogP contribution < -0.4 is 0 Å². The van der Waals surface area contributed by atoms with Gasteiger partial charge in [0.25, 0.3) is 0 Å². The highest BCUT2D eigenvalue weighted by molar-refractivity contribution is 7.89. The van der Waals surface area contributed by atoms with Gasteiger partial charge in [-0.15, -0.1) is 0 Å². The van der Waals surface area contributed by atoms with E-state index in [1.165, 1.54) is 29.7 Å². The van der Waals surface area contributed by atoms with E-state index in [0.717, 1.165) is 0 Å². The first-order valence-corrected chi connectivity index (χ1v) is 7.77. The SMILES string of the molecule is CCN(C)S(=O)(=O)c1ccc2c(Cl)cnc(Cl)c2c1. The lowest BCUT2D eigenvalue weighted by molar-refractivity contribution is 0.486. The molecule has 0 aliphatic rings. The van der Waals surface area contributed by atoms with Crippen LogP contribution in [-0.2, 0) is 10.0 Å². The van der Waals surface area contributed by atoms with E-state index in [1.54, 1.807) is 13.0 Å². The van der Waals surface area contributed by atoms with Crippen molar-refractivity contribution in [2.45, 2.75) is 11.8 Å². The molecule has 1 aromatic heterocycles. The lowest BCUT2D eigenvalue weighted by Crippen LogP contribution is -2.26. The smallest absolute Gasteiger partial charge is 0.242 e. The first kappa shape index (κ1) is 14.5. The Bertz CT molecular complexity index is 732. The highest BCUT2D eigenvalue weighted by atomic mass is 35.5. The minimum atomic E-state index is -3.51. The molecule has 2 aromatic rings. The van der Waals surface area contributed by atoms with Crippen molar-refractivity contribution < 1.29 is 8.42 Å². The van der Waals surface area contributed by atoms with Crippen LogP contribution in [0.1, 0.15) is 6.92 Å². The fraction of sp³-hybridized carbons (Fsp3) is 0.250. The second kappa shape index (κ2) is 5.25. The minimum absolute atomic E-state index is 0.176. The van der Waals surface area contributed by atoms with Gasteiger partial charge in [0.1, 0.15) is 5.15 Å². The normalized spacial score (nSPS) is 12.3. The van der Waals surface area contributed by atoms with Crippen LogP contribution in [0, 0.1) is 0 Å². The van der Waals surface area contributed by atoms with Crippen molar-refractivity contribution in [2.24, 2.45) is 0 Å². The van der Waals surface area contributed by atoms with Gasteiger partial charge in [-0.25, -0.2) is 17.7 Å². The minimum Gasteiger partial charge on any atom is -0.242 e. The lowest BCUT2D eigenvalue weighted by atomic mass is 10.2. The number of sulfonamides is 1. The van der Waals surface area contributed by atoms with Crippen molar-refractivity contribution in [3.8, 4) is 0 Å². The Hall–Kier alpha value is -0.880. The molecule has 0 fully saturated rings. The predicted molar refractivity (Wildman–Crippen MR) is 77.3 cm³/mol. The molecule has 0 atom stereocenters. The Morgan fingerprint density at radius 1 is 1.26 bits per heavy atom. The van der Waals surface area contributed by atoms with Crippen molar-refractivity contribution in [3.63, 3.8) is 0 Å². The van der Waals surface area contributed by atoms with E-state index in [4.69, 9.17) is 23.2 Å². The van der Waals surface area contributed by atoms with Crippen molar-refractivity contribution in [2.75, 3.05) is 13.6 Å². The topological polar surface area (TPSA) is 50.3 Å². The average Bonchev–Trinajstić information content (AvgIpc) is 2.41. The molecule has 1 aromatic carbocycles. The van der Waals surface area contributed by atoms with E-state index in [2.05, 4.69) is 4.98 Å². The molecule has 0 spiro atoms. The largest absolute Gasteiger partial charge is 0.242 e. The summed E-state index contributed by atoms with van der Waals surface area (Å²) in [6.45, 7) is 2.16.